The summed E-state index contributed by atoms with van der Waals surface area (Å²) in [6.45, 7) is 8.45. The minimum absolute atomic E-state index is 0.138. The standard InChI is InChI=1S/C17H20O/c1-12-5-7-14(8-6-12)16(18)15-9-10-17(3,4)11-13(15)2/h5-9,11H,10H2,1-4H3. The van der Waals surface area contributed by atoms with Gasteiger partial charge in [0.05, 0.1) is 0 Å². The van der Waals surface area contributed by atoms with Gasteiger partial charge >= 0.3 is 0 Å². The van der Waals surface area contributed by atoms with Crippen LogP contribution in [0.25, 0.3) is 0 Å². The molecule has 0 bridgehead atoms. The predicted molar refractivity (Wildman–Crippen MR) is 75.7 cm³/mol. The van der Waals surface area contributed by atoms with Gasteiger partial charge in [-0.15, -0.1) is 0 Å². The van der Waals surface area contributed by atoms with E-state index in [1.54, 1.807) is 0 Å². The van der Waals surface area contributed by atoms with Gasteiger partial charge in [-0.1, -0.05) is 55.8 Å². The molecular weight excluding hydrogens is 220 g/mol. The highest BCUT2D eigenvalue weighted by molar-refractivity contribution is 6.11. The van der Waals surface area contributed by atoms with Crippen LogP contribution in [0.5, 0.6) is 0 Å². The van der Waals surface area contributed by atoms with E-state index in [0.29, 0.717) is 0 Å². The quantitative estimate of drug-likeness (QED) is 0.696. The van der Waals surface area contributed by atoms with Crippen LogP contribution in [0.1, 0.15) is 43.1 Å². The number of ketones is 1. The molecular formula is C17H20O. The molecule has 1 aliphatic carbocycles. The largest absolute Gasteiger partial charge is 0.289 e. The average Bonchev–Trinajstić information content (AvgIpc) is 2.28. The van der Waals surface area contributed by atoms with Crippen molar-refractivity contribution in [2.75, 3.05) is 0 Å². The van der Waals surface area contributed by atoms with Crippen LogP contribution in [0.4, 0.5) is 0 Å². The Bertz CT molecular complexity index is 527. The molecule has 0 unspecified atom stereocenters. The van der Waals surface area contributed by atoms with Gasteiger partial charge in [0, 0.05) is 11.1 Å². The Morgan fingerprint density at radius 2 is 1.72 bits per heavy atom. The average molecular weight is 240 g/mol. The second-order valence-corrected chi connectivity index (χ2v) is 5.83. The normalized spacial score (nSPS) is 18.0. The molecule has 0 amide bonds. The van der Waals surface area contributed by atoms with Gasteiger partial charge in [0.25, 0.3) is 0 Å². The van der Waals surface area contributed by atoms with E-state index in [-0.39, 0.29) is 11.2 Å². The molecule has 0 atom stereocenters. The molecule has 0 radical (unpaired) electrons. The Hall–Kier alpha value is -1.63. The van der Waals surface area contributed by atoms with Gasteiger partial charge in [0.15, 0.2) is 5.78 Å². The lowest BCUT2D eigenvalue weighted by molar-refractivity contribution is 0.103. The van der Waals surface area contributed by atoms with Crippen LogP contribution >= 0.6 is 0 Å². The van der Waals surface area contributed by atoms with Crippen LogP contribution in [-0.4, -0.2) is 5.78 Å². The third kappa shape index (κ3) is 2.61. The summed E-state index contributed by atoms with van der Waals surface area (Å²) >= 11 is 0. The highest BCUT2D eigenvalue weighted by Gasteiger charge is 2.23. The molecule has 0 N–H and O–H groups in total. The van der Waals surface area contributed by atoms with E-state index in [9.17, 15) is 4.79 Å². The third-order valence-corrected chi connectivity index (χ3v) is 3.42. The molecule has 1 aromatic rings. The van der Waals surface area contributed by atoms with Crippen molar-refractivity contribution in [1.82, 2.24) is 0 Å². The molecule has 0 aliphatic heterocycles. The number of carbonyl (C=O) groups excluding carboxylic acids is 1. The van der Waals surface area contributed by atoms with Crippen LogP contribution in [-0.2, 0) is 0 Å². The number of hydrogen-bond donors (Lipinski definition) is 0. The van der Waals surface area contributed by atoms with E-state index < -0.39 is 0 Å². The number of rotatable bonds is 2. The highest BCUT2D eigenvalue weighted by Crippen LogP contribution is 2.33. The first kappa shape index (κ1) is 12.8. The van der Waals surface area contributed by atoms with Crippen molar-refractivity contribution < 1.29 is 4.79 Å². The molecule has 0 saturated carbocycles. The van der Waals surface area contributed by atoms with Gasteiger partial charge in [-0.2, -0.15) is 0 Å². The Labute approximate surface area is 109 Å². The van der Waals surface area contributed by atoms with Crippen LogP contribution in [0.15, 0.2) is 47.6 Å². The molecule has 0 spiro atoms. The summed E-state index contributed by atoms with van der Waals surface area (Å²) in [4.78, 5) is 12.4. The summed E-state index contributed by atoms with van der Waals surface area (Å²) in [6.07, 6.45) is 5.21. The molecule has 1 nitrogen and oxygen atoms in total. The minimum Gasteiger partial charge on any atom is -0.289 e. The second-order valence-electron chi connectivity index (χ2n) is 5.83. The maximum atomic E-state index is 12.4. The fraction of sp³-hybridized carbons (Fsp3) is 0.353. The Kier molecular flexibility index (Phi) is 3.25. The lowest BCUT2D eigenvalue weighted by atomic mass is 9.79. The van der Waals surface area contributed by atoms with Crippen LogP contribution in [0.2, 0.25) is 0 Å². The van der Waals surface area contributed by atoms with Crippen molar-refractivity contribution >= 4 is 5.78 Å². The molecule has 0 aromatic heterocycles. The SMILES string of the molecule is CC1=CC(C)(C)CC=C1C(=O)c1ccc(C)cc1. The molecule has 0 fully saturated rings. The van der Waals surface area contributed by atoms with Crippen molar-refractivity contribution in [3.05, 3.63) is 58.7 Å². The fourth-order valence-electron chi connectivity index (χ4n) is 2.38. The summed E-state index contributed by atoms with van der Waals surface area (Å²) in [5.74, 6) is 0.138. The molecule has 18 heavy (non-hydrogen) atoms. The van der Waals surface area contributed by atoms with Gasteiger partial charge < -0.3 is 0 Å². The maximum absolute atomic E-state index is 12.4. The van der Waals surface area contributed by atoms with E-state index in [1.165, 1.54) is 5.56 Å². The lowest BCUT2D eigenvalue weighted by Gasteiger charge is -2.25. The number of benzene rings is 1. The van der Waals surface area contributed by atoms with Crippen LogP contribution in [0.3, 0.4) is 0 Å². The second kappa shape index (κ2) is 4.56. The summed E-state index contributed by atoms with van der Waals surface area (Å²) in [7, 11) is 0. The minimum atomic E-state index is 0.138. The van der Waals surface area contributed by atoms with E-state index in [1.807, 2.05) is 38.1 Å². The first-order valence-corrected chi connectivity index (χ1v) is 6.40. The van der Waals surface area contributed by atoms with Crippen LogP contribution < -0.4 is 0 Å². The summed E-state index contributed by atoms with van der Waals surface area (Å²) < 4.78 is 0. The van der Waals surface area contributed by atoms with Crippen molar-refractivity contribution in [3.8, 4) is 0 Å². The number of Topliss-reactive ketones (excluding diaryl/α,β-unsaturated/α-hetero) is 1. The van der Waals surface area contributed by atoms with Gasteiger partial charge in [-0.3, -0.25) is 4.79 Å². The number of carbonyl (C=O) groups is 1. The van der Waals surface area contributed by atoms with Gasteiger partial charge in [-0.25, -0.2) is 0 Å². The topological polar surface area (TPSA) is 17.1 Å². The molecule has 0 heterocycles. The first-order valence-electron chi connectivity index (χ1n) is 6.40. The zero-order chi connectivity index (χ0) is 13.3. The first-order chi connectivity index (χ1) is 8.39. The summed E-state index contributed by atoms with van der Waals surface area (Å²) in [6, 6.07) is 7.79. The van der Waals surface area contributed by atoms with Gasteiger partial charge in [0.2, 0.25) is 0 Å². The Balaban J connectivity index is 2.29. The number of aryl methyl sites for hydroxylation is 1. The zero-order valence-electron chi connectivity index (χ0n) is 11.6. The molecule has 0 saturated heterocycles. The zero-order valence-corrected chi connectivity index (χ0v) is 11.6. The lowest BCUT2D eigenvalue weighted by Crippen LogP contribution is -2.15. The van der Waals surface area contributed by atoms with E-state index in [0.717, 1.165) is 23.1 Å². The maximum Gasteiger partial charge on any atom is 0.192 e. The van der Waals surface area contributed by atoms with Crippen molar-refractivity contribution in [3.63, 3.8) is 0 Å². The Morgan fingerprint density at radius 3 is 2.28 bits per heavy atom. The van der Waals surface area contributed by atoms with Crippen molar-refractivity contribution in [2.45, 2.75) is 34.1 Å². The number of hydrogen-bond acceptors (Lipinski definition) is 1. The van der Waals surface area contributed by atoms with Crippen LogP contribution in [0, 0.1) is 12.3 Å². The van der Waals surface area contributed by atoms with E-state index >= 15 is 0 Å². The monoisotopic (exact) mass is 240 g/mol. The third-order valence-electron chi connectivity index (χ3n) is 3.42. The fourth-order valence-corrected chi connectivity index (χ4v) is 2.38. The summed E-state index contributed by atoms with van der Waals surface area (Å²) in [5.41, 5.74) is 4.08. The van der Waals surface area contributed by atoms with Gasteiger partial charge in [-0.05, 0) is 31.3 Å². The van der Waals surface area contributed by atoms with E-state index in [4.69, 9.17) is 0 Å². The predicted octanol–water partition coefficient (Wildman–Crippen LogP) is 4.48. The van der Waals surface area contributed by atoms with Crippen molar-refractivity contribution in [1.29, 1.82) is 0 Å². The van der Waals surface area contributed by atoms with Gasteiger partial charge in [0.1, 0.15) is 0 Å². The molecule has 2 rings (SSSR count). The summed E-state index contributed by atoms with van der Waals surface area (Å²) in [5, 5.41) is 0. The highest BCUT2D eigenvalue weighted by atomic mass is 16.1. The van der Waals surface area contributed by atoms with Crippen molar-refractivity contribution in [2.24, 2.45) is 5.41 Å². The molecule has 1 aliphatic rings. The number of allylic oxidation sites excluding steroid dienone is 4. The smallest absolute Gasteiger partial charge is 0.192 e. The molecule has 94 valence electrons. The van der Waals surface area contributed by atoms with E-state index in [2.05, 4.69) is 26.0 Å². The Morgan fingerprint density at radius 1 is 1.11 bits per heavy atom. The molecule has 1 aromatic carbocycles. The molecule has 1 heteroatoms.